The van der Waals surface area contributed by atoms with Crippen molar-refractivity contribution in [3.05, 3.63) is 0 Å². The van der Waals surface area contributed by atoms with E-state index in [1.807, 2.05) is 0 Å². The molecule has 0 aromatic carbocycles. The Balaban J connectivity index is 0.00000144. The molecule has 1 atom stereocenters. The van der Waals surface area contributed by atoms with Crippen molar-refractivity contribution in [2.24, 2.45) is 15.7 Å². The number of thiocarbonyl (C=S) groups is 1. The minimum absolute atomic E-state index is 0. The van der Waals surface area contributed by atoms with E-state index in [0.29, 0.717) is 5.71 Å². The number of rotatable bonds is 3. The lowest BCUT2D eigenvalue weighted by molar-refractivity contribution is -0.138. The maximum absolute atomic E-state index is 10.3. The highest BCUT2D eigenvalue weighted by Crippen LogP contribution is 1.99. The molecule has 1 heterocycles. The molecule has 0 aromatic heterocycles. The summed E-state index contributed by atoms with van der Waals surface area (Å²) in [7, 11) is 0. The zero-order chi connectivity index (χ0) is 9.14. The number of nitrogens with zero attached hydrogens (tertiary/aromatic N) is 2. The highest BCUT2D eigenvalue weighted by molar-refractivity contribution is 7.80. The van der Waals surface area contributed by atoms with Gasteiger partial charge in [0.15, 0.2) is 0 Å². The summed E-state index contributed by atoms with van der Waals surface area (Å²) in [6.07, 6.45) is 1.60. The molecular formula is C6H10N4O2S. The molecule has 1 rings (SSSR count). The van der Waals surface area contributed by atoms with Gasteiger partial charge in [0, 0.05) is 6.42 Å². The van der Waals surface area contributed by atoms with E-state index >= 15 is 0 Å². The monoisotopic (exact) mass is 202 g/mol. The Morgan fingerprint density at radius 1 is 1.77 bits per heavy atom. The molecule has 0 unspecified atom stereocenters. The minimum atomic E-state index is -1.05. The van der Waals surface area contributed by atoms with Gasteiger partial charge in [0.1, 0.15) is 6.04 Å². The first kappa shape index (κ1) is 11.8. The molecule has 0 fully saturated rings. The van der Waals surface area contributed by atoms with Crippen molar-refractivity contribution in [2.75, 3.05) is 0 Å². The summed E-state index contributed by atoms with van der Waals surface area (Å²) in [6.45, 7) is 0. The van der Waals surface area contributed by atoms with Gasteiger partial charge in [-0.15, -0.1) is 0 Å². The Morgan fingerprint density at radius 2 is 2.38 bits per heavy atom. The molecule has 0 aliphatic carbocycles. The van der Waals surface area contributed by atoms with E-state index < -0.39 is 12.0 Å². The van der Waals surface area contributed by atoms with Crippen LogP contribution in [-0.2, 0) is 4.79 Å². The zero-order valence-electron chi connectivity index (χ0n) is 6.80. The van der Waals surface area contributed by atoms with Crippen molar-refractivity contribution in [1.82, 2.24) is 6.15 Å². The standard InChI is InChI=1S/C6H7N3O2S.H3N/c7-4(5(10)11)1-3-2-8-6(12)9-3;/h2,4H,1,7H2,(H,10,11);1H3/t4-;/m0./s1. The van der Waals surface area contributed by atoms with E-state index in [1.54, 1.807) is 0 Å². The lowest BCUT2D eigenvalue weighted by Crippen LogP contribution is -2.32. The van der Waals surface area contributed by atoms with Crippen molar-refractivity contribution in [2.45, 2.75) is 12.5 Å². The fourth-order valence-electron chi connectivity index (χ4n) is 0.721. The first-order chi connectivity index (χ1) is 5.59. The highest BCUT2D eigenvalue weighted by atomic mass is 32.1. The van der Waals surface area contributed by atoms with Gasteiger partial charge in [-0.2, -0.15) is 0 Å². The summed E-state index contributed by atoms with van der Waals surface area (Å²) >= 11 is 4.64. The highest BCUT2D eigenvalue weighted by Gasteiger charge is 2.15. The molecule has 0 spiro atoms. The van der Waals surface area contributed by atoms with Crippen LogP contribution in [0.4, 0.5) is 0 Å². The molecule has 1 aliphatic rings. The van der Waals surface area contributed by atoms with E-state index in [2.05, 4.69) is 22.2 Å². The number of hydrogen-bond acceptors (Lipinski definition) is 4. The SMILES string of the molecule is N.N[C@@H](CC1=NC(=S)N=C1)C(=O)O. The Labute approximate surface area is 80.1 Å². The number of carboxylic acid groups (broad SMARTS) is 1. The second-order valence-electron chi connectivity index (χ2n) is 2.29. The molecule has 0 saturated carbocycles. The van der Waals surface area contributed by atoms with E-state index in [-0.39, 0.29) is 17.7 Å². The average molecular weight is 202 g/mol. The molecule has 0 bridgehead atoms. The first-order valence-electron chi connectivity index (χ1n) is 3.23. The number of aliphatic carboxylic acids is 1. The van der Waals surface area contributed by atoms with Crippen LogP contribution in [0.25, 0.3) is 0 Å². The fourth-order valence-corrected chi connectivity index (χ4v) is 0.891. The van der Waals surface area contributed by atoms with Gasteiger partial charge in [-0.25, -0.2) is 9.98 Å². The second-order valence-corrected chi connectivity index (χ2v) is 2.66. The van der Waals surface area contributed by atoms with Crippen LogP contribution in [0.1, 0.15) is 6.42 Å². The Bertz CT molecular complexity index is 286. The number of carbonyl (C=O) groups is 1. The molecule has 72 valence electrons. The van der Waals surface area contributed by atoms with Gasteiger partial charge in [-0.1, -0.05) is 0 Å². The van der Waals surface area contributed by atoms with Crippen LogP contribution in [0.3, 0.4) is 0 Å². The molecule has 0 saturated heterocycles. The predicted molar refractivity (Wildman–Crippen MR) is 53.8 cm³/mol. The summed E-state index contributed by atoms with van der Waals surface area (Å²) in [5.74, 6) is -1.05. The minimum Gasteiger partial charge on any atom is -0.480 e. The van der Waals surface area contributed by atoms with Crippen molar-refractivity contribution < 1.29 is 9.90 Å². The molecular weight excluding hydrogens is 192 g/mol. The van der Waals surface area contributed by atoms with Gasteiger partial charge in [0.2, 0.25) is 5.11 Å². The molecule has 7 heteroatoms. The molecule has 1 aliphatic heterocycles. The number of nitrogens with two attached hydrogens (primary N) is 1. The van der Waals surface area contributed by atoms with Crippen LogP contribution in [0.2, 0.25) is 0 Å². The van der Waals surface area contributed by atoms with Gasteiger partial charge in [0.25, 0.3) is 0 Å². The Morgan fingerprint density at radius 3 is 2.77 bits per heavy atom. The lowest BCUT2D eigenvalue weighted by atomic mass is 10.1. The lowest BCUT2D eigenvalue weighted by Gasteiger charge is -2.02. The van der Waals surface area contributed by atoms with E-state index in [1.165, 1.54) is 6.21 Å². The van der Waals surface area contributed by atoms with Crippen molar-refractivity contribution in [1.29, 1.82) is 0 Å². The fraction of sp³-hybridized carbons (Fsp3) is 0.333. The van der Waals surface area contributed by atoms with Crippen LogP contribution in [0.5, 0.6) is 0 Å². The van der Waals surface area contributed by atoms with Gasteiger partial charge >= 0.3 is 5.97 Å². The van der Waals surface area contributed by atoms with Crippen LogP contribution < -0.4 is 11.9 Å². The van der Waals surface area contributed by atoms with E-state index in [9.17, 15) is 4.79 Å². The van der Waals surface area contributed by atoms with Crippen LogP contribution in [0, 0.1) is 0 Å². The summed E-state index contributed by atoms with van der Waals surface area (Å²) in [5.41, 5.74) is 5.78. The molecule has 0 radical (unpaired) electrons. The van der Waals surface area contributed by atoms with Gasteiger partial charge < -0.3 is 17.0 Å². The molecule has 6 N–H and O–H groups in total. The largest absolute Gasteiger partial charge is 0.480 e. The maximum Gasteiger partial charge on any atom is 0.320 e. The van der Waals surface area contributed by atoms with Gasteiger partial charge in [-0.3, -0.25) is 4.79 Å². The summed E-state index contributed by atoms with van der Waals surface area (Å²) in [6, 6.07) is -0.934. The number of aliphatic imine (C=N–C) groups is 2. The second kappa shape index (κ2) is 4.75. The molecule has 0 amide bonds. The third kappa shape index (κ3) is 3.36. The van der Waals surface area contributed by atoms with Gasteiger partial charge in [0.05, 0.1) is 11.9 Å². The first-order valence-corrected chi connectivity index (χ1v) is 3.64. The number of hydrogen-bond donors (Lipinski definition) is 3. The van der Waals surface area contributed by atoms with E-state index in [0.717, 1.165) is 0 Å². The summed E-state index contributed by atoms with van der Waals surface area (Å²) in [5, 5.41) is 8.68. The smallest absolute Gasteiger partial charge is 0.320 e. The van der Waals surface area contributed by atoms with Crippen LogP contribution in [-0.4, -0.2) is 34.2 Å². The molecule has 0 aromatic rings. The predicted octanol–water partition coefficient (Wildman–Crippen LogP) is -0.239. The zero-order valence-corrected chi connectivity index (χ0v) is 7.62. The normalized spacial score (nSPS) is 16.4. The van der Waals surface area contributed by atoms with Crippen molar-refractivity contribution >= 4 is 35.2 Å². The molecule has 13 heavy (non-hydrogen) atoms. The van der Waals surface area contributed by atoms with E-state index in [4.69, 9.17) is 10.8 Å². The third-order valence-corrected chi connectivity index (χ3v) is 1.51. The summed E-state index contributed by atoms with van der Waals surface area (Å²) < 4.78 is 0. The van der Waals surface area contributed by atoms with Crippen molar-refractivity contribution in [3.8, 4) is 0 Å². The topological polar surface area (TPSA) is 123 Å². The maximum atomic E-state index is 10.3. The molecule has 6 nitrogen and oxygen atoms in total. The average Bonchev–Trinajstić information content (AvgIpc) is 2.35. The quantitative estimate of drug-likeness (QED) is 0.545. The Kier molecular flexibility index (Phi) is 4.32. The number of carboxylic acids is 1. The third-order valence-electron chi connectivity index (χ3n) is 1.31. The van der Waals surface area contributed by atoms with Crippen LogP contribution in [0.15, 0.2) is 9.98 Å². The van der Waals surface area contributed by atoms with Gasteiger partial charge in [-0.05, 0) is 12.2 Å². The summed E-state index contributed by atoms with van der Waals surface area (Å²) in [4.78, 5) is 17.8. The van der Waals surface area contributed by atoms with Crippen LogP contribution >= 0.6 is 12.2 Å². The Hall–Kier alpha value is -1.18. The van der Waals surface area contributed by atoms with Crippen molar-refractivity contribution in [3.63, 3.8) is 0 Å².